The molecule has 0 unspecified atom stereocenters. The lowest BCUT2D eigenvalue weighted by Gasteiger charge is -2.13. The van der Waals surface area contributed by atoms with Gasteiger partial charge in [-0.05, 0) is 109 Å². The molecule has 0 aliphatic rings. The second-order valence-corrected chi connectivity index (χ2v) is 13.3. The van der Waals surface area contributed by atoms with Crippen LogP contribution in [-0.4, -0.2) is 46.2 Å². The molecule has 4 rings (SSSR count). The molecule has 0 aromatic heterocycles. The molecule has 12 heteroatoms. The fraction of sp³-hybridized carbons (Fsp3) is 0.176. The van der Waals surface area contributed by atoms with E-state index in [1.807, 2.05) is 98.8 Å². The van der Waals surface area contributed by atoms with Crippen molar-refractivity contribution in [2.45, 2.75) is 13.8 Å². The van der Waals surface area contributed by atoms with Gasteiger partial charge in [0.2, 0.25) is 11.8 Å². The van der Waals surface area contributed by atoms with E-state index in [9.17, 15) is 9.59 Å². The zero-order valence-electron chi connectivity index (χ0n) is 25.8. The Bertz CT molecular complexity index is 1590. The van der Waals surface area contributed by atoms with E-state index in [0.717, 1.165) is 56.5 Å². The number of ether oxygens (including phenoxy) is 2. The summed E-state index contributed by atoms with van der Waals surface area (Å²) in [6, 6.07) is 26.6. The highest BCUT2D eigenvalue weighted by molar-refractivity contribution is 8.24. The predicted molar refractivity (Wildman–Crippen MR) is 202 cm³/mol. The quantitative estimate of drug-likeness (QED) is 0.116. The molecule has 0 saturated heterocycles. The zero-order valence-corrected chi connectivity index (χ0v) is 29.0. The van der Waals surface area contributed by atoms with Gasteiger partial charge in [0.25, 0.3) is 0 Å². The summed E-state index contributed by atoms with van der Waals surface area (Å²) in [6.45, 7) is 3.91. The molecule has 2 amide bonds. The minimum atomic E-state index is -0.147. The number of hydrogen-bond acceptors (Lipinski definition) is 8. The maximum atomic E-state index is 12.6. The first-order valence-electron chi connectivity index (χ1n) is 14.1. The maximum Gasteiger partial charge on any atom is 0.234 e. The minimum Gasteiger partial charge on any atom is -0.497 e. The average Bonchev–Trinajstić information content (AvgIpc) is 3.05. The van der Waals surface area contributed by atoms with Crippen LogP contribution < -0.4 is 30.7 Å². The summed E-state index contributed by atoms with van der Waals surface area (Å²) in [5, 5.41) is 12.2. The van der Waals surface area contributed by atoms with Crippen molar-refractivity contribution < 1.29 is 19.1 Å². The van der Waals surface area contributed by atoms with Crippen molar-refractivity contribution in [1.29, 1.82) is 0 Å². The molecule has 4 aromatic rings. The third kappa shape index (κ3) is 10.5. The van der Waals surface area contributed by atoms with Gasteiger partial charge in [0.15, 0.2) is 0 Å². The number of hydrogen-bond donors (Lipinski definition) is 4. The second kappa shape index (κ2) is 17.0. The number of rotatable bonds is 11. The van der Waals surface area contributed by atoms with Crippen molar-refractivity contribution in [2.75, 3.05) is 47.0 Å². The SMILES string of the molecule is COc1ccc(NC(=S)SCC(=O)Nc2ccc(-c3ccc(NC(=O)CSC(=S)Nc4ccc(OC)cc4)c(C)c3)cc2C)cc1. The van der Waals surface area contributed by atoms with Gasteiger partial charge in [-0.1, -0.05) is 60.1 Å². The van der Waals surface area contributed by atoms with Crippen LogP contribution in [0.25, 0.3) is 11.1 Å². The van der Waals surface area contributed by atoms with E-state index in [4.69, 9.17) is 33.9 Å². The molecule has 4 aromatic carbocycles. The zero-order chi connectivity index (χ0) is 33.1. The van der Waals surface area contributed by atoms with E-state index in [1.165, 1.54) is 23.5 Å². The molecule has 0 aliphatic carbocycles. The Morgan fingerprint density at radius 3 is 1.28 bits per heavy atom. The third-order valence-corrected chi connectivity index (χ3v) is 9.13. The number of thioether (sulfide) groups is 2. The predicted octanol–water partition coefficient (Wildman–Crippen LogP) is 8.13. The Labute approximate surface area is 288 Å². The summed E-state index contributed by atoms with van der Waals surface area (Å²) in [7, 11) is 3.23. The van der Waals surface area contributed by atoms with Gasteiger partial charge in [-0.25, -0.2) is 0 Å². The highest BCUT2D eigenvalue weighted by Gasteiger charge is 2.11. The first-order chi connectivity index (χ1) is 22.1. The van der Waals surface area contributed by atoms with Crippen molar-refractivity contribution in [3.8, 4) is 22.6 Å². The Morgan fingerprint density at radius 2 is 0.957 bits per heavy atom. The monoisotopic (exact) mass is 690 g/mol. The molecule has 0 atom stereocenters. The summed E-state index contributed by atoms with van der Waals surface area (Å²) in [5.74, 6) is 1.58. The van der Waals surface area contributed by atoms with Gasteiger partial charge in [-0.2, -0.15) is 0 Å². The molecule has 4 N–H and O–H groups in total. The number of anilines is 4. The van der Waals surface area contributed by atoms with Crippen LogP contribution >= 0.6 is 48.0 Å². The summed E-state index contributed by atoms with van der Waals surface area (Å²) in [4.78, 5) is 25.3. The highest BCUT2D eigenvalue weighted by Crippen LogP contribution is 2.29. The molecule has 0 fully saturated rings. The maximum absolute atomic E-state index is 12.6. The van der Waals surface area contributed by atoms with Crippen molar-refractivity contribution in [2.24, 2.45) is 0 Å². The molecule has 0 heterocycles. The fourth-order valence-electron chi connectivity index (χ4n) is 4.26. The Hall–Kier alpha value is -4.10. The van der Waals surface area contributed by atoms with Crippen LogP contribution in [0.15, 0.2) is 84.9 Å². The van der Waals surface area contributed by atoms with Crippen molar-refractivity contribution in [3.63, 3.8) is 0 Å². The second-order valence-electron chi connectivity index (χ2n) is 10.0. The summed E-state index contributed by atoms with van der Waals surface area (Å²) >= 11 is 13.3. The van der Waals surface area contributed by atoms with Gasteiger partial charge < -0.3 is 30.7 Å². The Balaban J connectivity index is 1.25. The summed E-state index contributed by atoms with van der Waals surface area (Å²) < 4.78 is 11.3. The number of methoxy groups -OCH3 is 2. The van der Waals surface area contributed by atoms with Crippen LogP contribution in [0.4, 0.5) is 22.7 Å². The van der Waals surface area contributed by atoms with Crippen molar-refractivity contribution >= 4 is 91.2 Å². The van der Waals surface area contributed by atoms with Gasteiger partial charge in [0.05, 0.1) is 25.7 Å². The summed E-state index contributed by atoms with van der Waals surface area (Å²) in [5.41, 5.74) is 6.99. The topological polar surface area (TPSA) is 101 Å². The standard InChI is InChI=1S/C34H34N4O4S4/c1-21-17-23(5-15-29(21)37-31(39)19-45-33(43)35-25-7-11-27(41-3)12-8-25)24-6-16-30(22(2)18-24)38-32(40)20-46-34(44)36-26-9-13-28(42-4)14-10-26/h5-18H,19-20H2,1-4H3,(H,35,43)(H,36,44)(H,37,39)(H,38,40). The van der Waals surface area contributed by atoms with Crippen molar-refractivity contribution in [1.82, 2.24) is 0 Å². The van der Waals surface area contributed by atoms with Crippen LogP contribution in [0, 0.1) is 13.8 Å². The van der Waals surface area contributed by atoms with Crippen molar-refractivity contribution in [3.05, 3.63) is 96.1 Å². The fourth-order valence-corrected chi connectivity index (χ4v) is 5.90. The lowest BCUT2D eigenvalue weighted by molar-refractivity contribution is -0.114. The Morgan fingerprint density at radius 1 is 0.587 bits per heavy atom. The van der Waals surface area contributed by atoms with Gasteiger partial charge in [-0.15, -0.1) is 0 Å². The van der Waals surface area contributed by atoms with E-state index in [2.05, 4.69) is 21.3 Å². The van der Waals surface area contributed by atoms with Crippen LogP contribution in [0.3, 0.4) is 0 Å². The molecule has 0 saturated carbocycles. The number of aryl methyl sites for hydroxylation is 2. The highest BCUT2D eigenvalue weighted by atomic mass is 32.2. The van der Waals surface area contributed by atoms with E-state index >= 15 is 0 Å². The van der Waals surface area contributed by atoms with E-state index in [1.54, 1.807) is 14.2 Å². The number of carbonyl (C=O) groups is 2. The third-order valence-electron chi connectivity index (χ3n) is 6.68. The number of carbonyl (C=O) groups excluding carboxylic acids is 2. The average molecular weight is 691 g/mol. The minimum absolute atomic E-state index is 0.147. The lowest BCUT2D eigenvalue weighted by Crippen LogP contribution is -2.17. The van der Waals surface area contributed by atoms with Crippen LogP contribution in [0.1, 0.15) is 11.1 Å². The van der Waals surface area contributed by atoms with Crippen LogP contribution in [0.2, 0.25) is 0 Å². The molecule has 238 valence electrons. The van der Waals surface area contributed by atoms with Gasteiger partial charge in [0.1, 0.15) is 20.1 Å². The molecule has 46 heavy (non-hydrogen) atoms. The van der Waals surface area contributed by atoms with E-state index in [0.29, 0.717) is 8.64 Å². The molecule has 0 spiro atoms. The smallest absolute Gasteiger partial charge is 0.234 e. The van der Waals surface area contributed by atoms with Crippen LogP contribution in [0.5, 0.6) is 11.5 Å². The first kappa shape index (κ1) is 34.8. The van der Waals surface area contributed by atoms with E-state index in [-0.39, 0.29) is 23.3 Å². The number of amides is 2. The van der Waals surface area contributed by atoms with Gasteiger partial charge in [0, 0.05) is 22.7 Å². The van der Waals surface area contributed by atoms with E-state index < -0.39 is 0 Å². The lowest BCUT2D eigenvalue weighted by atomic mass is 10.00. The molecule has 0 bridgehead atoms. The summed E-state index contributed by atoms with van der Waals surface area (Å²) in [6.07, 6.45) is 0. The van der Waals surface area contributed by atoms with Crippen LogP contribution in [-0.2, 0) is 9.59 Å². The largest absolute Gasteiger partial charge is 0.497 e. The molecule has 8 nitrogen and oxygen atoms in total. The molecular formula is C34H34N4O4S4. The number of nitrogens with one attached hydrogen (secondary N) is 4. The number of benzene rings is 4. The Kier molecular flexibility index (Phi) is 12.8. The number of thiocarbonyl (C=S) groups is 2. The van der Waals surface area contributed by atoms with Gasteiger partial charge >= 0.3 is 0 Å². The van der Waals surface area contributed by atoms with Gasteiger partial charge in [-0.3, -0.25) is 9.59 Å². The molecule has 0 radical (unpaired) electrons. The molecule has 0 aliphatic heterocycles. The normalized spacial score (nSPS) is 10.4. The molecular weight excluding hydrogens is 657 g/mol. The first-order valence-corrected chi connectivity index (χ1v) is 16.9.